The Labute approximate surface area is 99.7 Å². The van der Waals surface area contributed by atoms with Crippen molar-refractivity contribution in [1.29, 1.82) is 0 Å². The molecule has 1 N–H and O–H groups in total. The van der Waals surface area contributed by atoms with E-state index in [9.17, 15) is 9.90 Å². The van der Waals surface area contributed by atoms with E-state index < -0.39 is 5.60 Å². The lowest BCUT2D eigenvalue weighted by Crippen LogP contribution is -2.41. The van der Waals surface area contributed by atoms with E-state index in [4.69, 9.17) is 0 Å². The molecule has 1 amide bonds. The summed E-state index contributed by atoms with van der Waals surface area (Å²) < 4.78 is 0. The molecule has 1 heterocycles. The molecule has 2 rings (SSSR count). The smallest absolute Gasteiger partial charge is 0.254 e. The fraction of sp³-hybridized carbons (Fsp3) is 0.583. The molecule has 0 aliphatic heterocycles. The fourth-order valence-electron chi connectivity index (χ4n) is 2.31. The second kappa shape index (κ2) is 4.55. The van der Waals surface area contributed by atoms with Gasteiger partial charge in [0.1, 0.15) is 0 Å². The predicted octanol–water partition coefficient (Wildman–Crippen LogP) is 2.13. The molecule has 1 fully saturated rings. The number of likely N-dealkylation sites (N-methyl/N-ethyl adjacent to an activating group) is 1. The fourth-order valence-corrected chi connectivity index (χ4v) is 2.94. The maximum absolute atomic E-state index is 12.0. The van der Waals surface area contributed by atoms with Gasteiger partial charge in [-0.05, 0) is 24.3 Å². The second-order valence-electron chi connectivity index (χ2n) is 4.60. The Hall–Kier alpha value is -0.870. The van der Waals surface area contributed by atoms with E-state index in [1.807, 2.05) is 16.8 Å². The Kier molecular flexibility index (Phi) is 3.30. The van der Waals surface area contributed by atoms with E-state index in [1.54, 1.807) is 11.9 Å². The number of hydrogen-bond acceptors (Lipinski definition) is 3. The SMILES string of the molecule is CN(CC1(O)CCCC1)C(=O)c1ccsc1. The van der Waals surface area contributed by atoms with Crippen LogP contribution in [0.25, 0.3) is 0 Å². The quantitative estimate of drug-likeness (QED) is 0.877. The van der Waals surface area contributed by atoms with Crippen molar-refractivity contribution in [2.75, 3.05) is 13.6 Å². The largest absolute Gasteiger partial charge is 0.388 e. The molecule has 0 bridgehead atoms. The van der Waals surface area contributed by atoms with Gasteiger partial charge in [0.15, 0.2) is 0 Å². The molecular weight excluding hydrogens is 222 g/mol. The number of hydrogen-bond donors (Lipinski definition) is 1. The standard InChI is InChI=1S/C12H17NO2S/c1-13(9-12(15)5-2-3-6-12)11(14)10-4-7-16-8-10/h4,7-8,15H,2-3,5-6,9H2,1H3. The highest BCUT2D eigenvalue weighted by molar-refractivity contribution is 7.08. The molecule has 1 aliphatic rings. The Morgan fingerprint density at radius 3 is 2.81 bits per heavy atom. The lowest BCUT2D eigenvalue weighted by atomic mass is 10.0. The molecule has 4 heteroatoms. The van der Waals surface area contributed by atoms with Crippen LogP contribution < -0.4 is 0 Å². The number of thiophene rings is 1. The normalized spacial score (nSPS) is 18.6. The first kappa shape index (κ1) is 11.6. The minimum atomic E-state index is -0.652. The van der Waals surface area contributed by atoms with Crippen molar-refractivity contribution in [3.05, 3.63) is 22.4 Å². The van der Waals surface area contributed by atoms with Gasteiger partial charge in [-0.3, -0.25) is 4.79 Å². The van der Waals surface area contributed by atoms with Gasteiger partial charge in [0.2, 0.25) is 0 Å². The number of carbonyl (C=O) groups excluding carboxylic acids is 1. The minimum Gasteiger partial charge on any atom is -0.388 e. The summed E-state index contributed by atoms with van der Waals surface area (Å²) in [5, 5.41) is 14.0. The third-order valence-corrected chi connectivity index (χ3v) is 3.86. The van der Waals surface area contributed by atoms with Crippen LogP contribution >= 0.6 is 11.3 Å². The van der Waals surface area contributed by atoms with Crippen LogP contribution in [0.5, 0.6) is 0 Å². The van der Waals surface area contributed by atoms with Crippen molar-refractivity contribution in [3.8, 4) is 0 Å². The highest BCUT2D eigenvalue weighted by Gasteiger charge is 2.33. The van der Waals surface area contributed by atoms with E-state index in [2.05, 4.69) is 0 Å². The molecule has 0 unspecified atom stereocenters. The van der Waals surface area contributed by atoms with Gasteiger partial charge in [0.05, 0.1) is 11.2 Å². The summed E-state index contributed by atoms with van der Waals surface area (Å²) in [7, 11) is 1.76. The van der Waals surface area contributed by atoms with E-state index in [0.29, 0.717) is 12.1 Å². The second-order valence-corrected chi connectivity index (χ2v) is 5.38. The van der Waals surface area contributed by atoms with E-state index >= 15 is 0 Å². The van der Waals surface area contributed by atoms with Crippen LogP contribution in [0.15, 0.2) is 16.8 Å². The molecule has 1 saturated carbocycles. The van der Waals surface area contributed by atoms with Gasteiger partial charge in [0.25, 0.3) is 5.91 Å². The molecule has 3 nitrogen and oxygen atoms in total. The molecule has 1 aromatic heterocycles. The average molecular weight is 239 g/mol. The van der Waals surface area contributed by atoms with E-state index in [-0.39, 0.29) is 5.91 Å². The molecule has 0 aromatic carbocycles. The molecular formula is C12H17NO2S. The highest BCUT2D eigenvalue weighted by atomic mass is 32.1. The zero-order chi connectivity index (χ0) is 11.6. The summed E-state index contributed by atoms with van der Waals surface area (Å²) in [6, 6.07) is 1.82. The van der Waals surface area contributed by atoms with E-state index in [1.165, 1.54) is 11.3 Å². The van der Waals surface area contributed by atoms with Gasteiger partial charge in [-0.2, -0.15) is 11.3 Å². The van der Waals surface area contributed by atoms with Gasteiger partial charge < -0.3 is 10.0 Å². The Morgan fingerprint density at radius 1 is 1.56 bits per heavy atom. The molecule has 0 atom stereocenters. The molecule has 1 aromatic rings. The van der Waals surface area contributed by atoms with Crippen LogP contribution in [0.1, 0.15) is 36.0 Å². The summed E-state index contributed by atoms with van der Waals surface area (Å²) in [6.45, 7) is 0.446. The summed E-state index contributed by atoms with van der Waals surface area (Å²) in [5.74, 6) is 0.00146. The number of amides is 1. The van der Waals surface area contributed by atoms with Crippen LogP contribution in [0.3, 0.4) is 0 Å². The Balaban J connectivity index is 1.97. The summed E-state index contributed by atoms with van der Waals surface area (Å²) in [6.07, 6.45) is 3.76. The first-order valence-electron chi connectivity index (χ1n) is 5.61. The van der Waals surface area contributed by atoms with Gasteiger partial charge in [-0.15, -0.1) is 0 Å². The maximum atomic E-state index is 12.0. The number of aliphatic hydroxyl groups is 1. The van der Waals surface area contributed by atoms with Crippen LogP contribution in [0.2, 0.25) is 0 Å². The van der Waals surface area contributed by atoms with Crippen molar-refractivity contribution >= 4 is 17.2 Å². The number of nitrogens with zero attached hydrogens (tertiary/aromatic N) is 1. The maximum Gasteiger partial charge on any atom is 0.254 e. The third-order valence-electron chi connectivity index (χ3n) is 3.18. The van der Waals surface area contributed by atoms with Gasteiger partial charge in [-0.25, -0.2) is 0 Å². The molecule has 88 valence electrons. The topological polar surface area (TPSA) is 40.5 Å². The summed E-state index contributed by atoms with van der Waals surface area (Å²) >= 11 is 1.52. The zero-order valence-corrected chi connectivity index (χ0v) is 10.3. The van der Waals surface area contributed by atoms with Crippen molar-refractivity contribution in [1.82, 2.24) is 4.90 Å². The lowest BCUT2D eigenvalue weighted by Gasteiger charge is -2.28. The van der Waals surface area contributed by atoms with Crippen LogP contribution in [0.4, 0.5) is 0 Å². The molecule has 1 aliphatic carbocycles. The van der Waals surface area contributed by atoms with Crippen molar-refractivity contribution in [3.63, 3.8) is 0 Å². The molecule has 0 saturated heterocycles. The first-order chi connectivity index (χ1) is 7.61. The monoisotopic (exact) mass is 239 g/mol. The Morgan fingerprint density at radius 2 is 2.25 bits per heavy atom. The van der Waals surface area contributed by atoms with Crippen LogP contribution in [-0.4, -0.2) is 35.1 Å². The lowest BCUT2D eigenvalue weighted by molar-refractivity contribution is 0.0157. The average Bonchev–Trinajstić information content (AvgIpc) is 2.87. The van der Waals surface area contributed by atoms with E-state index in [0.717, 1.165) is 25.7 Å². The highest BCUT2D eigenvalue weighted by Crippen LogP contribution is 2.30. The Bertz CT molecular complexity index is 355. The van der Waals surface area contributed by atoms with Gasteiger partial charge >= 0.3 is 0 Å². The predicted molar refractivity (Wildman–Crippen MR) is 64.7 cm³/mol. The van der Waals surface area contributed by atoms with Crippen LogP contribution in [-0.2, 0) is 0 Å². The van der Waals surface area contributed by atoms with Gasteiger partial charge in [-0.1, -0.05) is 12.8 Å². The summed E-state index contributed by atoms with van der Waals surface area (Å²) in [4.78, 5) is 13.6. The van der Waals surface area contributed by atoms with Crippen molar-refractivity contribution < 1.29 is 9.90 Å². The first-order valence-corrected chi connectivity index (χ1v) is 6.55. The third kappa shape index (κ3) is 2.44. The minimum absolute atomic E-state index is 0.00146. The molecule has 16 heavy (non-hydrogen) atoms. The zero-order valence-electron chi connectivity index (χ0n) is 9.48. The molecule has 0 spiro atoms. The van der Waals surface area contributed by atoms with Gasteiger partial charge in [0, 0.05) is 19.0 Å². The van der Waals surface area contributed by atoms with Crippen molar-refractivity contribution in [2.45, 2.75) is 31.3 Å². The summed E-state index contributed by atoms with van der Waals surface area (Å²) in [5.41, 5.74) is 0.0644. The molecule has 0 radical (unpaired) electrons. The number of carbonyl (C=O) groups is 1. The number of rotatable bonds is 3. The van der Waals surface area contributed by atoms with Crippen molar-refractivity contribution in [2.24, 2.45) is 0 Å². The van der Waals surface area contributed by atoms with Crippen LogP contribution in [0, 0.1) is 0 Å².